The highest BCUT2D eigenvalue weighted by atomic mass is 16.3. The molecule has 0 fully saturated rings. The van der Waals surface area contributed by atoms with Crippen LogP contribution in [-0.4, -0.2) is 39.1 Å². The van der Waals surface area contributed by atoms with E-state index in [4.69, 9.17) is 0 Å². The van der Waals surface area contributed by atoms with Crippen molar-refractivity contribution in [2.45, 2.75) is 40.3 Å². The summed E-state index contributed by atoms with van der Waals surface area (Å²) in [6.07, 6.45) is -0.418. The second-order valence-corrected chi connectivity index (χ2v) is 4.59. The summed E-state index contributed by atoms with van der Waals surface area (Å²) in [5.41, 5.74) is 0. The van der Waals surface area contributed by atoms with E-state index >= 15 is 0 Å². The molecule has 0 bridgehead atoms. The summed E-state index contributed by atoms with van der Waals surface area (Å²) in [5.74, 6) is 2.20. The summed E-state index contributed by atoms with van der Waals surface area (Å²) in [6.45, 7) is 10.1. The summed E-state index contributed by atoms with van der Waals surface area (Å²) < 4.78 is 1.75. The van der Waals surface area contributed by atoms with Crippen LogP contribution in [0.2, 0.25) is 0 Å². The van der Waals surface area contributed by atoms with Crippen molar-refractivity contribution in [1.82, 2.24) is 20.1 Å². The van der Waals surface area contributed by atoms with E-state index < -0.39 is 6.10 Å². The van der Waals surface area contributed by atoms with Crippen LogP contribution in [0.1, 0.15) is 25.5 Å². The molecule has 0 aliphatic rings. The van der Waals surface area contributed by atoms with Crippen molar-refractivity contribution in [1.29, 1.82) is 0 Å². The Labute approximate surface area is 96.9 Å². The second-order valence-electron chi connectivity index (χ2n) is 4.59. The normalized spacial score (nSPS) is 13.4. The van der Waals surface area contributed by atoms with Crippen LogP contribution >= 0.6 is 0 Å². The predicted molar refractivity (Wildman–Crippen MR) is 63.2 cm³/mol. The average Bonchev–Trinajstić information content (AvgIpc) is 2.44. The Bertz CT molecular complexity index is 322. The quantitative estimate of drug-likeness (QED) is 0.741. The van der Waals surface area contributed by atoms with E-state index in [-0.39, 0.29) is 0 Å². The van der Waals surface area contributed by atoms with E-state index in [1.165, 1.54) is 0 Å². The lowest BCUT2D eigenvalue weighted by molar-refractivity contribution is 0.145. The van der Waals surface area contributed by atoms with Crippen molar-refractivity contribution < 1.29 is 5.11 Å². The molecule has 0 spiro atoms. The van der Waals surface area contributed by atoms with Gasteiger partial charge in [0.2, 0.25) is 0 Å². The van der Waals surface area contributed by atoms with Crippen LogP contribution < -0.4 is 5.32 Å². The van der Waals surface area contributed by atoms with Gasteiger partial charge in [-0.25, -0.2) is 9.67 Å². The zero-order chi connectivity index (χ0) is 12.1. The predicted octanol–water partition coefficient (Wildman–Crippen LogP) is 0.501. The van der Waals surface area contributed by atoms with E-state index in [9.17, 15) is 5.11 Å². The van der Waals surface area contributed by atoms with Gasteiger partial charge in [0, 0.05) is 6.54 Å². The lowest BCUT2D eigenvalue weighted by atomic mass is 10.2. The molecule has 0 aromatic carbocycles. The molecule has 1 atom stereocenters. The van der Waals surface area contributed by atoms with Gasteiger partial charge >= 0.3 is 0 Å². The Morgan fingerprint density at radius 1 is 1.31 bits per heavy atom. The van der Waals surface area contributed by atoms with Gasteiger partial charge in [0.15, 0.2) is 0 Å². The van der Waals surface area contributed by atoms with Crippen molar-refractivity contribution in [2.75, 3.05) is 13.1 Å². The minimum absolute atomic E-state index is 0.418. The van der Waals surface area contributed by atoms with E-state index in [1.807, 2.05) is 13.8 Å². The van der Waals surface area contributed by atoms with Crippen molar-refractivity contribution in [2.24, 2.45) is 5.92 Å². The highest BCUT2D eigenvalue weighted by Crippen LogP contribution is 1.98. The number of hydrogen-bond donors (Lipinski definition) is 2. The van der Waals surface area contributed by atoms with Gasteiger partial charge in [0.1, 0.15) is 11.6 Å². The first-order valence-electron chi connectivity index (χ1n) is 5.76. The van der Waals surface area contributed by atoms with Gasteiger partial charge in [0.05, 0.1) is 12.6 Å². The van der Waals surface area contributed by atoms with Gasteiger partial charge in [-0.2, -0.15) is 5.10 Å². The van der Waals surface area contributed by atoms with Crippen molar-refractivity contribution >= 4 is 0 Å². The summed E-state index contributed by atoms with van der Waals surface area (Å²) in [6, 6.07) is 0. The number of aromatic nitrogens is 3. The fraction of sp³-hybridized carbons (Fsp3) is 0.818. The zero-order valence-electron chi connectivity index (χ0n) is 10.6. The molecular weight excluding hydrogens is 204 g/mol. The van der Waals surface area contributed by atoms with Gasteiger partial charge in [-0.05, 0) is 26.3 Å². The highest BCUT2D eigenvalue weighted by molar-refractivity contribution is 4.88. The summed E-state index contributed by atoms with van der Waals surface area (Å²) in [4.78, 5) is 4.19. The molecule has 0 aliphatic carbocycles. The third kappa shape index (κ3) is 4.28. The molecule has 0 saturated heterocycles. The van der Waals surface area contributed by atoms with E-state index in [2.05, 4.69) is 29.2 Å². The Kier molecular flexibility index (Phi) is 4.89. The topological polar surface area (TPSA) is 63.0 Å². The monoisotopic (exact) mass is 226 g/mol. The molecule has 16 heavy (non-hydrogen) atoms. The van der Waals surface area contributed by atoms with E-state index in [1.54, 1.807) is 4.68 Å². The van der Waals surface area contributed by atoms with E-state index in [0.717, 1.165) is 18.2 Å². The Balaban J connectivity index is 2.34. The number of aliphatic hydroxyl groups excluding tert-OH is 1. The Morgan fingerprint density at radius 2 is 2.00 bits per heavy atom. The number of aliphatic hydroxyl groups is 1. The Morgan fingerprint density at radius 3 is 2.50 bits per heavy atom. The summed E-state index contributed by atoms with van der Waals surface area (Å²) >= 11 is 0. The summed E-state index contributed by atoms with van der Waals surface area (Å²) in [5, 5.41) is 17.2. The molecular formula is C11H22N4O. The van der Waals surface area contributed by atoms with Gasteiger partial charge in [0.25, 0.3) is 0 Å². The molecule has 5 heteroatoms. The second kappa shape index (κ2) is 5.96. The molecule has 0 amide bonds. The number of rotatable bonds is 6. The van der Waals surface area contributed by atoms with Gasteiger partial charge in [-0.15, -0.1) is 0 Å². The Hall–Kier alpha value is -0.940. The van der Waals surface area contributed by atoms with Crippen molar-refractivity contribution in [3.63, 3.8) is 0 Å². The largest absolute Gasteiger partial charge is 0.390 e. The third-order valence-electron chi connectivity index (χ3n) is 2.28. The molecule has 1 aromatic rings. The molecule has 1 unspecified atom stereocenters. The fourth-order valence-corrected chi connectivity index (χ4v) is 1.54. The molecule has 0 radical (unpaired) electrons. The zero-order valence-corrected chi connectivity index (χ0v) is 10.6. The third-order valence-corrected chi connectivity index (χ3v) is 2.28. The molecule has 1 rings (SSSR count). The lowest BCUT2D eigenvalue weighted by Gasteiger charge is -2.13. The van der Waals surface area contributed by atoms with Gasteiger partial charge in [-0.1, -0.05) is 13.8 Å². The van der Waals surface area contributed by atoms with Crippen LogP contribution in [-0.2, 0) is 6.54 Å². The highest BCUT2D eigenvalue weighted by Gasteiger charge is 2.09. The van der Waals surface area contributed by atoms with Crippen molar-refractivity contribution in [3.8, 4) is 0 Å². The first-order valence-corrected chi connectivity index (χ1v) is 5.76. The molecule has 0 aliphatic heterocycles. The standard InChI is InChI=1S/C11H22N4O/c1-8(2)5-12-6-11(16)7-15-10(4)13-9(3)14-15/h8,11-12,16H,5-7H2,1-4H3. The van der Waals surface area contributed by atoms with E-state index in [0.29, 0.717) is 19.0 Å². The summed E-state index contributed by atoms with van der Waals surface area (Å²) in [7, 11) is 0. The molecule has 92 valence electrons. The number of nitrogens with one attached hydrogen (secondary N) is 1. The maximum atomic E-state index is 9.80. The first kappa shape index (κ1) is 13.1. The van der Waals surface area contributed by atoms with Crippen LogP contribution in [0, 0.1) is 19.8 Å². The van der Waals surface area contributed by atoms with Crippen LogP contribution in [0.15, 0.2) is 0 Å². The number of hydrogen-bond acceptors (Lipinski definition) is 4. The van der Waals surface area contributed by atoms with Crippen LogP contribution in [0.4, 0.5) is 0 Å². The maximum absolute atomic E-state index is 9.80. The minimum Gasteiger partial charge on any atom is -0.390 e. The van der Waals surface area contributed by atoms with Crippen LogP contribution in [0.5, 0.6) is 0 Å². The number of nitrogens with zero attached hydrogens (tertiary/aromatic N) is 3. The van der Waals surface area contributed by atoms with Crippen molar-refractivity contribution in [3.05, 3.63) is 11.6 Å². The number of aryl methyl sites for hydroxylation is 2. The molecule has 2 N–H and O–H groups in total. The first-order chi connectivity index (χ1) is 7.49. The van der Waals surface area contributed by atoms with Gasteiger partial charge < -0.3 is 10.4 Å². The SMILES string of the molecule is Cc1nc(C)n(CC(O)CNCC(C)C)n1. The molecule has 5 nitrogen and oxygen atoms in total. The maximum Gasteiger partial charge on any atom is 0.147 e. The average molecular weight is 226 g/mol. The smallest absolute Gasteiger partial charge is 0.147 e. The van der Waals surface area contributed by atoms with Gasteiger partial charge in [-0.3, -0.25) is 0 Å². The minimum atomic E-state index is -0.418. The lowest BCUT2D eigenvalue weighted by Crippen LogP contribution is -2.32. The molecule has 1 heterocycles. The van der Waals surface area contributed by atoms with Crippen LogP contribution in [0.3, 0.4) is 0 Å². The fourth-order valence-electron chi connectivity index (χ4n) is 1.54. The molecule has 1 aromatic heterocycles. The van der Waals surface area contributed by atoms with Crippen LogP contribution in [0.25, 0.3) is 0 Å². The molecule has 0 saturated carbocycles.